The Labute approximate surface area is 118 Å². The van der Waals surface area contributed by atoms with Crippen LogP contribution in [0.3, 0.4) is 0 Å². The van der Waals surface area contributed by atoms with Crippen molar-refractivity contribution >= 4 is 23.1 Å². The van der Waals surface area contributed by atoms with Gasteiger partial charge in [-0.15, -0.1) is 0 Å². The van der Waals surface area contributed by atoms with Gasteiger partial charge in [-0.3, -0.25) is 0 Å². The maximum atomic E-state index is 6.06. The molecule has 5 heteroatoms. The van der Waals surface area contributed by atoms with Gasteiger partial charge in [0.15, 0.2) is 0 Å². The van der Waals surface area contributed by atoms with Crippen molar-refractivity contribution in [3.63, 3.8) is 0 Å². The first kappa shape index (κ1) is 13.7. The molecule has 102 valence electrons. The zero-order chi connectivity index (χ0) is 14.0. The van der Waals surface area contributed by atoms with Crippen molar-refractivity contribution in [1.29, 1.82) is 0 Å². The molecule has 1 aromatic heterocycles. The molecule has 4 nitrogen and oxygen atoms in total. The molecular formula is C14H19ClN4. The van der Waals surface area contributed by atoms with Gasteiger partial charge in [-0.05, 0) is 38.5 Å². The van der Waals surface area contributed by atoms with Gasteiger partial charge in [0.2, 0.25) is 0 Å². The van der Waals surface area contributed by atoms with E-state index in [1.54, 1.807) is 0 Å². The Morgan fingerprint density at radius 3 is 2.84 bits per heavy atom. The van der Waals surface area contributed by atoms with Crippen LogP contribution < -0.4 is 11.1 Å². The number of nitrogens with two attached hydrogens (primary N) is 1. The van der Waals surface area contributed by atoms with Crippen LogP contribution >= 0.6 is 11.6 Å². The summed E-state index contributed by atoms with van der Waals surface area (Å²) in [6.45, 7) is 6.81. The first-order chi connectivity index (χ1) is 9.02. The lowest BCUT2D eigenvalue weighted by atomic mass is 10.1. The van der Waals surface area contributed by atoms with E-state index in [0.717, 1.165) is 28.6 Å². The van der Waals surface area contributed by atoms with Crippen LogP contribution in [0.25, 0.3) is 0 Å². The van der Waals surface area contributed by atoms with Gasteiger partial charge in [-0.1, -0.05) is 23.7 Å². The number of aromatic nitrogens is 2. The van der Waals surface area contributed by atoms with Gasteiger partial charge < -0.3 is 11.1 Å². The first-order valence-electron chi connectivity index (χ1n) is 6.37. The number of rotatable bonds is 4. The Morgan fingerprint density at radius 2 is 2.21 bits per heavy atom. The summed E-state index contributed by atoms with van der Waals surface area (Å²) in [5.41, 5.74) is 8.74. The molecule has 0 aliphatic heterocycles. The second-order valence-corrected chi connectivity index (χ2v) is 5.02. The van der Waals surface area contributed by atoms with E-state index >= 15 is 0 Å². The Kier molecular flexibility index (Phi) is 4.00. The maximum absolute atomic E-state index is 6.06. The van der Waals surface area contributed by atoms with Crippen LogP contribution in [0.1, 0.15) is 31.1 Å². The number of aryl methyl sites for hydroxylation is 2. The zero-order valence-electron chi connectivity index (χ0n) is 11.4. The minimum atomic E-state index is 0.113. The normalized spacial score (nSPS) is 12.4. The summed E-state index contributed by atoms with van der Waals surface area (Å²) >= 11 is 6.02. The van der Waals surface area contributed by atoms with Gasteiger partial charge in [0.25, 0.3) is 0 Å². The van der Waals surface area contributed by atoms with E-state index in [-0.39, 0.29) is 6.04 Å². The molecule has 0 spiro atoms. The van der Waals surface area contributed by atoms with Gasteiger partial charge in [-0.2, -0.15) is 5.10 Å². The third kappa shape index (κ3) is 2.84. The quantitative estimate of drug-likeness (QED) is 0.898. The Balaban J connectivity index is 2.26. The monoisotopic (exact) mass is 278 g/mol. The highest BCUT2D eigenvalue weighted by Gasteiger charge is 2.14. The van der Waals surface area contributed by atoms with Gasteiger partial charge in [0, 0.05) is 11.6 Å². The molecule has 0 radical (unpaired) electrons. The molecule has 1 aromatic carbocycles. The van der Waals surface area contributed by atoms with Gasteiger partial charge >= 0.3 is 0 Å². The first-order valence-corrected chi connectivity index (χ1v) is 6.75. The molecule has 0 saturated carbocycles. The number of halogens is 1. The van der Waals surface area contributed by atoms with Crippen molar-refractivity contribution in [3.05, 3.63) is 40.5 Å². The summed E-state index contributed by atoms with van der Waals surface area (Å²) < 4.78 is 1.88. The molecular weight excluding hydrogens is 260 g/mol. The molecule has 0 saturated heterocycles. The van der Waals surface area contributed by atoms with E-state index in [4.69, 9.17) is 17.3 Å². The van der Waals surface area contributed by atoms with E-state index in [2.05, 4.69) is 17.3 Å². The number of hydrogen-bond donors (Lipinski definition) is 2. The van der Waals surface area contributed by atoms with Crippen LogP contribution in [0.2, 0.25) is 5.02 Å². The third-order valence-electron chi connectivity index (χ3n) is 3.18. The highest BCUT2D eigenvalue weighted by atomic mass is 35.5. The fourth-order valence-corrected chi connectivity index (χ4v) is 2.24. The van der Waals surface area contributed by atoms with Crippen molar-refractivity contribution in [2.75, 3.05) is 11.1 Å². The molecule has 2 aromatic rings. The second kappa shape index (κ2) is 5.53. The smallest absolute Gasteiger partial charge is 0.148 e. The number of nitrogens with zero attached hydrogens (tertiary/aromatic N) is 2. The maximum Gasteiger partial charge on any atom is 0.148 e. The predicted octanol–water partition coefficient (Wildman–Crippen LogP) is 3.62. The highest BCUT2D eigenvalue weighted by Crippen LogP contribution is 2.27. The van der Waals surface area contributed by atoms with Crippen molar-refractivity contribution < 1.29 is 0 Å². The molecule has 19 heavy (non-hydrogen) atoms. The fourth-order valence-electron chi connectivity index (χ4n) is 2.04. The lowest BCUT2D eigenvalue weighted by Crippen LogP contribution is -2.12. The zero-order valence-corrected chi connectivity index (χ0v) is 12.2. The predicted molar refractivity (Wildman–Crippen MR) is 80.5 cm³/mol. The minimum absolute atomic E-state index is 0.113. The topological polar surface area (TPSA) is 55.9 Å². The van der Waals surface area contributed by atoms with Crippen molar-refractivity contribution in [3.8, 4) is 0 Å². The Bertz CT molecular complexity index is 577. The van der Waals surface area contributed by atoms with Crippen LogP contribution in [0.4, 0.5) is 11.5 Å². The third-order valence-corrected chi connectivity index (χ3v) is 3.41. The summed E-state index contributed by atoms with van der Waals surface area (Å²) in [6, 6.07) is 7.92. The second-order valence-electron chi connectivity index (χ2n) is 4.58. The molecule has 1 atom stereocenters. The molecule has 0 aliphatic rings. The summed E-state index contributed by atoms with van der Waals surface area (Å²) in [5.74, 6) is 0.868. The minimum Gasteiger partial charge on any atom is -0.394 e. The molecule has 0 bridgehead atoms. The van der Waals surface area contributed by atoms with Crippen LogP contribution in [0, 0.1) is 6.92 Å². The summed E-state index contributed by atoms with van der Waals surface area (Å²) in [5, 5.41) is 8.54. The van der Waals surface area contributed by atoms with Crippen LogP contribution in [0.5, 0.6) is 0 Å². The van der Waals surface area contributed by atoms with Crippen molar-refractivity contribution in [1.82, 2.24) is 9.78 Å². The fraction of sp³-hybridized carbons (Fsp3) is 0.357. The largest absolute Gasteiger partial charge is 0.394 e. The number of hydrogen-bond acceptors (Lipinski definition) is 3. The summed E-state index contributed by atoms with van der Waals surface area (Å²) in [4.78, 5) is 0. The lowest BCUT2D eigenvalue weighted by Gasteiger charge is -2.17. The van der Waals surface area contributed by atoms with Gasteiger partial charge in [0.1, 0.15) is 5.82 Å². The van der Waals surface area contributed by atoms with E-state index in [1.165, 1.54) is 0 Å². The molecule has 0 aliphatic carbocycles. The number of nitrogen functional groups attached to an aromatic ring is 1. The summed E-state index contributed by atoms with van der Waals surface area (Å²) in [6.07, 6.45) is 0. The van der Waals surface area contributed by atoms with Gasteiger partial charge in [0.05, 0.1) is 17.4 Å². The molecule has 1 heterocycles. The average molecular weight is 279 g/mol. The molecule has 3 N–H and O–H groups in total. The van der Waals surface area contributed by atoms with Crippen molar-refractivity contribution in [2.45, 2.75) is 33.4 Å². The van der Waals surface area contributed by atoms with E-state index in [0.29, 0.717) is 5.69 Å². The van der Waals surface area contributed by atoms with Crippen LogP contribution in [0.15, 0.2) is 24.3 Å². The Hall–Kier alpha value is -1.68. The summed E-state index contributed by atoms with van der Waals surface area (Å²) in [7, 11) is 0. The SMILES string of the molecule is CCn1nc(C)c(N)c1NC(C)c1cccc(Cl)c1. The van der Waals surface area contributed by atoms with E-state index in [9.17, 15) is 0 Å². The standard InChI is InChI=1S/C14H19ClN4/c1-4-19-14(13(16)10(3)18-19)17-9(2)11-6-5-7-12(15)8-11/h5-9,17H,4,16H2,1-3H3. The molecule has 2 rings (SSSR count). The van der Waals surface area contributed by atoms with E-state index in [1.807, 2.05) is 42.8 Å². The molecule has 0 fully saturated rings. The highest BCUT2D eigenvalue weighted by molar-refractivity contribution is 6.30. The van der Waals surface area contributed by atoms with Crippen LogP contribution in [-0.2, 0) is 6.54 Å². The van der Waals surface area contributed by atoms with Crippen LogP contribution in [-0.4, -0.2) is 9.78 Å². The molecule has 1 unspecified atom stereocenters. The van der Waals surface area contributed by atoms with E-state index < -0.39 is 0 Å². The number of nitrogens with one attached hydrogen (secondary N) is 1. The lowest BCUT2D eigenvalue weighted by molar-refractivity contribution is 0.651. The molecule has 0 amide bonds. The van der Waals surface area contributed by atoms with Gasteiger partial charge in [-0.25, -0.2) is 4.68 Å². The Morgan fingerprint density at radius 1 is 1.47 bits per heavy atom. The average Bonchev–Trinajstić information content (AvgIpc) is 2.66. The van der Waals surface area contributed by atoms with Crippen molar-refractivity contribution in [2.24, 2.45) is 0 Å². The number of benzene rings is 1. The number of anilines is 2.